The van der Waals surface area contributed by atoms with Crippen LogP contribution in [-0.2, 0) is 12.8 Å². The van der Waals surface area contributed by atoms with Crippen LogP contribution >= 0.6 is 0 Å². The van der Waals surface area contributed by atoms with Gasteiger partial charge in [-0.2, -0.15) is 0 Å². The SMILES string of the molecule is Cc1c(CC2CN(C)C2)ccc2c1[B]CC2. The molecule has 2 heterocycles. The molecule has 0 bridgehead atoms. The molecule has 83 valence electrons. The standard InChI is InChI=1S/C14H19BN/c1-10-13(7-11-8-16(2)9-11)4-3-12-5-6-15-14(10)12/h3-4,11H,5-9H2,1-2H3. The zero-order valence-corrected chi connectivity index (χ0v) is 10.3. The lowest BCUT2D eigenvalue weighted by molar-refractivity contribution is 0.134. The molecular weight excluding hydrogens is 193 g/mol. The molecule has 0 spiro atoms. The molecule has 0 unspecified atom stereocenters. The maximum atomic E-state index is 2.42. The minimum atomic E-state index is 0.892. The summed E-state index contributed by atoms with van der Waals surface area (Å²) in [6, 6.07) is 4.72. The average Bonchev–Trinajstić information content (AvgIpc) is 2.68. The Morgan fingerprint density at radius 1 is 1.38 bits per heavy atom. The molecule has 16 heavy (non-hydrogen) atoms. The lowest BCUT2D eigenvalue weighted by atomic mass is 9.69. The van der Waals surface area contributed by atoms with E-state index < -0.39 is 0 Å². The van der Waals surface area contributed by atoms with Gasteiger partial charge in [0, 0.05) is 13.1 Å². The maximum absolute atomic E-state index is 2.42. The topological polar surface area (TPSA) is 3.24 Å². The zero-order valence-electron chi connectivity index (χ0n) is 10.3. The van der Waals surface area contributed by atoms with Crippen molar-refractivity contribution < 1.29 is 0 Å². The molecule has 0 atom stereocenters. The highest BCUT2D eigenvalue weighted by molar-refractivity contribution is 6.56. The Bertz CT molecular complexity index is 407. The van der Waals surface area contributed by atoms with E-state index in [4.69, 9.17) is 0 Å². The van der Waals surface area contributed by atoms with E-state index in [2.05, 4.69) is 38.3 Å². The van der Waals surface area contributed by atoms with E-state index in [-0.39, 0.29) is 0 Å². The number of aryl methyl sites for hydroxylation is 1. The zero-order chi connectivity index (χ0) is 11.1. The first kappa shape index (κ1) is 10.4. The second kappa shape index (κ2) is 3.92. The minimum absolute atomic E-state index is 0.892. The lowest BCUT2D eigenvalue weighted by Gasteiger charge is -2.36. The Morgan fingerprint density at radius 2 is 2.19 bits per heavy atom. The summed E-state index contributed by atoms with van der Waals surface area (Å²) in [6.45, 7) is 4.86. The Kier molecular flexibility index (Phi) is 2.55. The van der Waals surface area contributed by atoms with Crippen LogP contribution < -0.4 is 5.46 Å². The number of hydrogen-bond donors (Lipinski definition) is 0. The van der Waals surface area contributed by atoms with Gasteiger partial charge in [0.2, 0.25) is 0 Å². The van der Waals surface area contributed by atoms with Crippen LogP contribution in [0, 0.1) is 12.8 Å². The Hall–Kier alpha value is -0.755. The van der Waals surface area contributed by atoms with Crippen molar-refractivity contribution in [1.29, 1.82) is 0 Å². The maximum Gasteiger partial charge on any atom is 0.152 e. The molecule has 0 aromatic heterocycles. The van der Waals surface area contributed by atoms with Gasteiger partial charge in [0.25, 0.3) is 0 Å². The van der Waals surface area contributed by atoms with Crippen molar-refractivity contribution in [3.8, 4) is 0 Å². The molecule has 1 aromatic rings. The summed E-state index contributed by atoms with van der Waals surface area (Å²) < 4.78 is 0. The highest BCUT2D eigenvalue weighted by Crippen LogP contribution is 2.22. The van der Waals surface area contributed by atoms with E-state index in [0.717, 1.165) is 5.92 Å². The monoisotopic (exact) mass is 212 g/mol. The molecule has 2 heteroatoms. The average molecular weight is 212 g/mol. The third-order valence-electron chi connectivity index (χ3n) is 4.13. The third-order valence-corrected chi connectivity index (χ3v) is 4.13. The molecule has 3 rings (SSSR count). The largest absolute Gasteiger partial charge is 0.306 e. The van der Waals surface area contributed by atoms with Crippen LogP contribution in [0.1, 0.15) is 16.7 Å². The van der Waals surface area contributed by atoms with Crippen LogP contribution in [-0.4, -0.2) is 32.3 Å². The molecular formula is C14H19BN. The number of nitrogens with zero attached hydrogens (tertiary/aromatic N) is 1. The quantitative estimate of drug-likeness (QED) is 0.670. The van der Waals surface area contributed by atoms with Crippen molar-refractivity contribution in [2.45, 2.75) is 26.1 Å². The van der Waals surface area contributed by atoms with Gasteiger partial charge in [0.05, 0.1) is 0 Å². The summed E-state index contributed by atoms with van der Waals surface area (Å²) >= 11 is 0. The number of likely N-dealkylation sites (tertiary alicyclic amines) is 1. The van der Waals surface area contributed by atoms with E-state index >= 15 is 0 Å². The van der Waals surface area contributed by atoms with Gasteiger partial charge in [-0.25, -0.2) is 0 Å². The Morgan fingerprint density at radius 3 is 2.94 bits per heavy atom. The predicted molar refractivity (Wildman–Crippen MR) is 69.8 cm³/mol. The van der Waals surface area contributed by atoms with Crippen LogP contribution in [0.5, 0.6) is 0 Å². The van der Waals surface area contributed by atoms with E-state index in [9.17, 15) is 0 Å². The molecule has 1 aromatic carbocycles. The van der Waals surface area contributed by atoms with Crippen LogP contribution in [0.2, 0.25) is 6.32 Å². The first-order valence-corrected chi connectivity index (χ1v) is 6.37. The number of hydrogen-bond acceptors (Lipinski definition) is 1. The molecule has 1 fully saturated rings. The fraction of sp³-hybridized carbons (Fsp3) is 0.571. The second-order valence-corrected chi connectivity index (χ2v) is 5.46. The first-order chi connectivity index (χ1) is 7.74. The molecule has 2 aliphatic rings. The van der Waals surface area contributed by atoms with E-state index in [1.165, 1.54) is 32.3 Å². The van der Waals surface area contributed by atoms with Crippen molar-refractivity contribution >= 4 is 12.7 Å². The van der Waals surface area contributed by atoms with E-state index in [1.807, 2.05) is 0 Å². The van der Waals surface area contributed by atoms with Gasteiger partial charge in [-0.3, -0.25) is 0 Å². The summed E-state index contributed by atoms with van der Waals surface area (Å²) in [5.41, 5.74) is 6.23. The van der Waals surface area contributed by atoms with Gasteiger partial charge in [0.15, 0.2) is 7.28 Å². The van der Waals surface area contributed by atoms with E-state index in [1.54, 1.807) is 22.2 Å². The van der Waals surface area contributed by atoms with Crippen molar-refractivity contribution in [3.05, 3.63) is 28.8 Å². The highest BCUT2D eigenvalue weighted by Gasteiger charge is 2.24. The predicted octanol–water partition coefficient (Wildman–Crippen LogP) is 1.40. The van der Waals surface area contributed by atoms with Crippen molar-refractivity contribution in [3.63, 3.8) is 0 Å². The Labute approximate surface area is 99.1 Å². The summed E-state index contributed by atoms with van der Waals surface area (Å²) in [5.74, 6) is 0.892. The van der Waals surface area contributed by atoms with Crippen LogP contribution in [0.4, 0.5) is 0 Å². The minimum Gasteiger partial charge on any atom is -0.306 e. The molecule has 2 aliphatic heterocycles. The summed E-state index contributed by atoms with van der Waals surface area (Å²) in [6.07, 6.45) is 3.77. The second-order valence-electron chi connectivity index (χ2n) is 5.46. The molecule has 1 saturated heterocycles. The molecule has 0 saturated carbocycles. The van der Waals surface area contributed by atoms with Crippen LogP contribution in [0.15, 0.2) is 12.1 Å². The highest BCUT2D eigenvalue weighted by atomic mass is 15.2. The number of benzene rings is 1. The van der Waals surface area contributed by atoms with Crippen LogP contribution in [0.25, 0.3) is 0 Å². The first-order valence-electron chi connectivity index (χ1n) is 6.37. The number of fused-ring (bicyclic) bond motifs is 1. The molecule has 0 amide bonds. The van der Waals surface area contributed by atoms with Crippen molar-refractivity contribution in [2.24, 2.45) is 5.92 Å². The lowest BCUT2D eigenvalue weighted by Crippen LogP contribution is -2.44. The molecule has 1 radical (unpaired) electrons. The normalized spacial score (nSPS) is 20.4. The van der Waals surface area contributed by atoms with Gasteiger partial charge in [-0.15, -0.1) is 0 Å². The van der Waals surface area contributed by atoms with Crippen molar-refractivity contribution in [1.82, 2.24) is 4.90 Å². The molecule has 0 N–H and O–H groups in total. The third kappa shape index (κ3) is 1.69. The Balaban J connectivity index is 1.80. The van der Waals surface area contributed by atoms with Crippen LogP contribution in [0.3, 0.4) is 0 Å². The summed E-state index contributed by atoms with van der Waals surface area (Å²) in [7, 11) is 4.63. The van der Waals surface area contributed by atoms with E-state index in [0.29, 0.717) is 0 Å². The van der Waals surface area contributed by atoms with Crippen molar-refractivity contribution in [2.75, 3.05) is 20.1 Å². The van der Waals surface area contributed by atoms with Gasteiger partial charge in [-0.1, -0.05) is 35.0 Å². The van der Waals surface area contributed by atoms with Gasteiger partial charge < -0.3 is 4.90 Å². The summed E-state index contributed by atoms with van der Waals surface area (Å²) in [4.78, 5) is 2.40. The molecule has 0 aliphatic carbocycles. The fourth-order valence-corrected chi connectivity index (χ4v) is 3.19. The smallest absolute Gasteiger partial charge is 0.152 e. The molecule has 1 nitrogen and oxygen atoms in total. The van der Waals surface area contributed by atoms with Gasteiger partial charge in [0.1, 0.15) is 0 Å². The summed E-state index contributed by atoms with van der Waals surface area (Å²) in [5, 5.41) is 0. The van der Waals surface area contributed by atoms with Gasteiger partial charge >= 0.3 is 0 Å². The number of rotatable bonds is 2. The van der Waals surface area contributed by atoms with Gasteiger partial charge in [-0.05, 0) is 38.3 Å². The fourth-order valence-electron chi connectivity index (χ4n) is 3.19.